The topological polar surface area (TPSA) is 90.9 Å². The van der Waals surface area contributed by atoms with Crippen LogP contribution in [-0.4, -0.2) is 38.3 Å². The minimum absolute atomic E-state index is 0.0348. The van der Waals surface area contributed by atoms with Crippen LogP contribution in [0.2, 0.25) is 0 Å². The zero-order valence-corrected chi connectivity index (χ0v) is 12.4. The first-order valence-electron chi connectivity index (χ1n) is 7.31. The van der Waals surface area contributed by atoms with Crippen LogP contribution in [0.3, 0.4) is 0 Å². The molecule has 2 rings (SSSR count). The van der Waals surface area contributed by atoms with Gasteiger partial charge >= 0.3 is 0 Å². The molecule has 0 aliphatic heterocycles. The highest BCUT2D eigenvalue weighted by atomic mass is 16.3. The molecule has 0 unspecified atom stereocenters. The molecule has 1 aliphatic carbocycles. The van der Waals surface area contributed by atoms with Crippen molar-refractivity contribution in [1.29, 1.82) is 0 Å². The maximum absolute atomic E-state index is 12.2. The molecule has 0 spiro atoms. The molecule has 20 heavy (non-hydrogen) atoms. The van der Waals surface area contributed by atoms with Gasteiger partial charge in [-0.1, -0.05) is 20.8 Å². The number of aliphatic hydroxyl groups excluding tert-OH is 1. The van der Waals surface area contributed by atoms with Gasteiger partial charge in [-0.15, -0.1) is 5.10 Å². The molecular formula is C14H24N4O2. The van der Waals surface area contributed by atoms with E-state index < -0.39 is 5.54 Å². The van der Waals surface area contributed by atoms with E-state index in [1.54, 1.807) is 0 Å². The van der Waals surface area contributed by atoms with Crippen LogP contribution in [0.25, 0.3) is 0 Å². The lowest BCUT2D eigenvalue weighted by Gasteiger charge is -2.38. The van der Waals surface area contributed by atoms with E-state index in [0.29, 0.717) is 11.7 Å². The number of carbonyl (C=O) groups excluding carboxylic acids is 1. The Morgan fingerprint density at radius 2 is 2.15 bits per heavy atom. The zero-order valence-electron chi connectivity index (χ0n) is 12.4. The molecule has 0 aromatic carbocycles. The second kappa shape index (κ2) is 5.91. The first kappa shape index (κ1) is 15.0. The minimum Gasteiger partial charge on any atom is -0.394 e. The van der Waals surface area contributed by atoms with Crippen LogP contribution in [0, 0.1) is 5.92 Å². The lowest BCUT2D eigenvalue weighted by molar-refractivity contribution is 0.0708. The molecular weight excluding hydrogens is 256 g/mol. The van der Waals surface area contributed by atoms with Crippen molar-refractivity contribution >= 4 is 5.91 Å². The van der Waals surface area contributed by atoms with E-state index in [4.69, 9.17) is 0 Å². The summed E-state index contributed by atoms with van der Waals surface area (Å²) in [6.07, 6.45) is 3.65. The molecule has 1 amide bonds. The number of H-pyrrole nitrogens is 1. The molecule has 0 atom stereocenters. The quantitative estimate of drug-likeness (QED) is 0.781. The van der Waals surface area contributed by atoms with Gasteiger partial charge in [0.1, 0.15) is 5.82 Å². The Balaban J connectivity index is 2.05. The average Bonchev–Trinajstić information content (AvgIpc) is 2.92. The Morgan fingerprint density at radius 3 is 2.65 bits per heavy atom. The van der Waals surface area contributed by atoms with Crippen molar-refractivity contribution in [2.24, 2.45) is 5.92 Å². The van der Waals surface area contributed by atoms with E-state index in [9.17, 15) is 9.90 Å². The van der Waals surface area contributed by atoms with Gasteiger partial charge in [-0.3, -0.25) is 9.89 Å². The molecule has 6 nitrogen and oxygen atoms in total. The summed E-state index contributed by atoms with van der Waals surface area (Å²) in [4.78, 5) is 16.4. The molecule has 112 valence electrons. The number of hydrogen-bond donors (Lipinski definition) is 3. The maximum Gasteiger partial charge on any atom is 0.291 e. The maximum atomic E-state index is 12.2. The molecule has 1 fully saturated rings. The Kier molecular flexibility index (Phi) is 4.42. The summed E-state index contributed by atoms with van der Waals surface area (Å²) in [5.74, 6) is 1.40. The lowest BCUT2D eigenvalue weighted by atomic mass is 9.77. The number of nitrogens with one attached hydrogen (secondary N) is 2. The second-order valence-corrected chi connectivity index (χ2v) is 6.27. The fourth-order valence-corrected chi connectivity index (χ4v) is 2.57. The number of aromatic amines is 1. The fourth-order valence-electron chi connectivity index (χ4n) is 2.57. The number of aromatic nitrogens is 3. The first-order valence-corrected chi connectivity index (χ1v) is 7.31. The van der Waals surface area contributed by atoms with Crippen molar-refractivity contribution < 1.29 is 9.90 Å². The summed E-state index contributed by atoms with van der Waals surface area (Å²) in [7, 11) is 0. The number of amides is 1. The van der Waals surface area contributed by atoms with E-state index in [1.165, 1.54) is 0 Å². The molecule has 3 N–H and O–H groups in total. The second-order valence-electron chi connectivity index (χ2n) is 6.27. The molecule has 0 saturated heterocycles. The van der Waals surface area contributed by atoms with Crippen molar-refractivity contribution in [3.8, 4) is 0 Å². The highest BCUT2D eigenvalue weighted by Gasteiger charge is 2.36. The highest BCUT2D eigenvalue weighted by Crippen LogP contribution is 2.31. The highest BCUT2D eigenvalue weighted by molar-refractivity contribution is 5.90. The van der Waals surface area contributed by atoms with E-state index in [-0.39, 0.29) is 24.3 Å². The van der Waals surface area contributed by atoms with Gasteiger partial charge in [-0.05, 0) is 31.6 Å². The normalized spacial score (nSPS) is 26.8. The van der Waals surface area contributed by atoms with Gasteiger partial charge in [0.25, 0.3) is 5.91 Å². The van der Waals surface area contributed by atoms with Gasteiger partial charge in [0.15, 0.2) is 0 Å². The Bertz CT molecular complexity index is 461. The summed E-state index contributed by atoms with van der Waals surface area (Å²) < 4.78 is 0. The molecule has 0 bridgehead atoms. The summed E-state index contributed by atoms with van der Waals surface area (Å²) in [5, 5.41) is 19.3. The van der Waals surface area contributed by atoms with Crippen LogP contribution in [0.1, 0.15) is 68.8 Å². The molecule has 1 aromatic rings. The third kappa shape index (κ3) is 3.17. The van der Waals surface area contributed by atoms with Gasteiger partial charge in [0.05, 0.1) is 12.1 Å². The van der Waals surface area contributed by atoms with Crippen molar-refractivity contribution in [3.05, 3.63) is 11.6 Å². The van der Waals surface area contributed by atoms with Crippen LogP contribution >= 0.6 is 0 Å². The van der Waals surface area contributed by atoms with E-state index in [1.807, 2.05) is 13.8 Å². The summed E-state index contributed by atoms with van der Waals surface area (Å²) in [6.45, 7) is 6.14. The predicted molar refractivity (Wildman–Crippen MR) is 75.4 cm³/mol. The van der Waals surface area contributed by atoms with Crippen LogP contribution in [0.4, 0.5) is 0 Å². The number of nitrogens with zero attached hydrogens (tertiary/aromatic N) is 2. The van der Waals surface area contributed by atoms with Gasteiger partial charge in [-0.2, -0.15) is 0 Å². The van der Waals surface area contributed by atoms with E-state index in [2.05, 4.69) is 27.4 Å². The van der Waals surface area contributed by atoms with Gasteiger partial charge < -0.3 is 10.4 Å². The van der Waals surface area contributed by atoms with Crippen LogP contribution in [0.5, 0.6) is 0 Å². The predicted octanol–water partition coefficient (Wildman–Crippen LogP) is 1.60. The third-order valence-electron chi connectivity index (χ3n) is 4.17. The number of carbonyl (C=O) groups is 1. The summed E-state index contributed by atoms with van der Waals surface area (Å²) in [6, 6.07) is 0. The van der Waals surface area contributed by atoms with Crippen molar-refractivity contribution in [2.45, 2.75) is 57.9 Å². The largest absolute Gasteiger partial charge is 0.394 e. The van der Waals surface area contributed by atoms with E-state index in [0.717, 1.165) is 25.7 Å². The molecule has 6 heteroatoms. The Morgan fingerprint density at radius 1 is 1.50 bits per heavy atom. The molecule has 1 saturated carbocycles. The fraction of sp³-hybridized carbons (Fsp3) is 0.786. The molecule has 1 aromatic heterocycles. The molecule has 1 aliphatic rings. The molecule has 0 radical (unpaired) electrons. The van der Waals surface area contributed by atoms with Crippen molar-refractivity contribution in [2.75, 3.05) is 6.61 Å². The third-order valence-corrected chi connectivity index (χ3v) is 4.17. The zero-order chi connectivity index (χ0) is 14.8. The number of hydrogen-bond acceptors (Lipinski definition) is 4. The number of rotatable bonds is 4. The van der Waals surface area contributed by atoms with Crippen LogP contribution in [-0.2, 0) is 0 Å². The summed E-state index contributed by atoms with van der Waals surface area (Å²) in [5.41, 5.74) is -0.512. The van der Waals surface area contributed by atoms with Gasteiger partial charge in [0, 0.05) is 5.92 Å². The van der Waals surface area contributed by atoms with Crippen molar-refractivity contribution in [3.63, 3.8) is 0 Å². The Labute approximate surface area is 119 Å². The number of aliphatic hydroxyl groups is 1. The van der Waals surface area contributed by atoms with Gasteiger partial charge in [0.2, 0.25) is 5.82 Å². The standard InChI is InChI=1S/C14H24N4O2/c1-9(2)11-15-12(18-17-11)13(20)16-14(8-19)6-4-10(3)5-7-14/h9-10,19H,4-8H2,1-3H3,(H,16,20)(H,15,17,18). The van der Waals surface area contributed by atoms with E-state index >= 15 is 0 Å². The average molecular weight is 280 g/mol. The smallest absolute Gasteiger partial charge is 0.291 e. The monoisotopic (exact) mass is 280 g/mol. The van der Waals surface area contributed by atoms with Crippen LogP contribution in [0.15, 0.2) is 0 Å². The minimum atomic E-state index is -0.512. The first-order chi connectivity index (χ1) is 9.46. The Hall–Kier alpha value is -1.43. The lowest BCUT2D eigenvalue weighted by Crippen LogP contribution is -2.53. The van der Waals surface area contributed by atoms with Crippen LogP contribution < -0.4 is 5.32 Å². The molecule has 1 heterocycles. The van der Waals surface area contributed by atoms with Gasteiger partial charge in [-0.25, -0.2) is 4.98 Å². The SMILES string of the molecule is CC1CCC(CO)(NC(=O)c2n[nH]c(C(C)C)n2)CC1. The van der Waals surface area contributed by atoms with Crippen molar-refractivity contribution in [1.82, 2.24) is 20.5 Å². The summed E-state index contributed by atoms with van der Waals surface area (Å²) >= 11 is 0.